The van der Waals surface area contributed by atoms with Crippen LogP contribution in [0.3, 0.4) is 0 Å². The molecule has 4 atom stereocenters. The highest BCUT2D eigenvalue weighted by Gasteiger charge is 2.25. The van der Waals surface area contributed by atoms with Gasteiger partial charge in [0.05, 0.1) is 29.6 Å². The molecule has 0 unspecified atom stereocenters. The molecule has 4 aromatic carbocycles. The van der Waals surface area contributed by atoms with Gasteiger partial charge in [-0.1, -0.05) is 91.0 Å². The van der Waals surface area contributed by atoms with E-state index in [-0.39, 0.29) is 41.2 Å². The fraction of sp³-hybridized carbons (Fsp3) is 0.278. The second kappa shape index (κ2) is 16.2. The van der Waals surface area contributed by atoms with Crippen LogP contribution in [-0.2, 0) is 16.4 Å². The third-order valence-corrected chi connectivity index (χ3v) is 9.08. The molecule has 4 aromatic rings. The number of hydrogen-bond donors (Lipinski definition) is 5. The molecule has 5 N–H and O–H groups in total. The van der Waals surface area contributed by atoms with Gasteiger partial charge in [0.1, 0.15) is 0 Å². The molecule has 4 rings (SSSR count). The number of anilines is 1. The van der Waals surface area contributed by atoms with Crippen LogP contribution in [0.15, 0.2) is 109 Å². The first-order chi connectivity index (χ1) is 22.0. The van der Waals surface area contributed by atoms with E-state index in [0.29, 0.717) is 6.42 Å². The van der Waals surface area contributed by atoms with E-state index in [1.807, 2.05) is 105 Å². The summed E-state index contributed by atoms with van der Waals surface area (Å²) in [6, 6.07) is 31.9. The molecule has 9 nitrogen and oxygen atoms in total. The van der Waals surface area contributed by atoms with Gasteiger partial charge in [-0.15, -0.1) is 0 Å². The molecule has 0 saturated heterocycles. The molecule has 0 spiro atoms. The van der Waals surface area contributed by atoms with Gasteiger partial charge < -0.3 is 21.1 Å². The van der Waals surface area contributed by atoms with Gasteiger partial charge in [-0.2, -0.15) is 0 Å². The Morgan fingerprint density at radius 3 is 1.76 bits per heavy atom. The van der Waals surface area contributed by atoms with Gasteiger partial charge in [0.2, 0.25) is 10.0 Å². The van der Waals surface area contributed by atoms with E-state index in [0.717, 1.165) is 16.7 Å². The average molecular weight is 643 g/mol. The van der Waals surface area contributed by atoms with Crippen LogP contribution in [0.4, 0.5) is 5.69 Å². The minimum absolute atomic E-state index is 0.0356. The maximum atomic E-state index is 13.8. The van der Waals surface area contributed by atoms with Gasteiger partial charge in [-0.25, -0.2) is 8.42 Å². The Labute approximate surface area is 271 Å². The zero-order valence-electron chi connectivity index (χ0n) is 26.3. The SMILES string of the molecule is CCS(=O)(=O)Nc1cc(C(=O)N[C@@H](C)c2ccccc2)cc(C(=O)N[C@@H](Cc2ccccc2)[C@H](O)CN[C@@H](C)c2ccccc2)c1. The van der Waals surface area contributed by atoms with Gasteiger partial charge >= 0.3 is 0 Å². The van der Waals surface area contributed by atoms with Crippen molar-refractivity contribution in [2.24, 2.45) is 0 Å². The van der Waals surface area contributed by atoms with Crippen molar-refractivity contribution in [2.75, 3.05) is 17.0 Å². The second-order valence-electron chi connectivity index (χ2n) is 11.3. The number of benzene rings is 4. The van der Waals surface area contributed by atoms with E-state index in [2.05, 4.69) is 20.7 Å². The summed E-state index contributed by atoms with van der Waals surface area (Å²) in [6.07, 6.45) is -0.620. The number of sulfonamides is 1. The van der Waals surface area contributed by atoms with Gasteiger partial charge in [0.25, 0.3) is 11.8 Å². The quantitative estimate of drug-likeness (QED) is 0.124. The standard InChI is InChI=1S/C36H42N4O5S/c1-4-46(44,45)40-32-22-30(35(42)38-26(3)29-18-12-7-13-19-29)21-31(23-32)36(43)39-33(20-27-14-8-5-9-15-27)34(41)24-37-25(2)28-16-10-6-11-17-28/h5-19,21-23,25-26,33-34,37,40-41H,4,20,24H2,1-3H3,(H,38,42)(H,39,43)/t25-,26-,33-,34+/m0/s1. The van der Waals surface area contributed by atoms with E-state index in [4.69, 9.17) is 0 Å². The van der Waals surface area contributed by atoms with Crippen molar-refractivity contribution < 1.29 is 23.1 Å². The number of hydrogen-bond acceptors (Lipinski definition) is 6. The van der Waals surface area contributed by atoms with E-state index in [1.165, 1.54) is 25.1 Å². The smallest absolute Gasteiger partial charge is 0.251 e. The van der Waals surface area contributed by atoms with Crippen molar-refractivity contribution in [3.8, 4) is 0 Å². The lowest BCUT2D eigenvalue weighted by molar-refractivity contribution is 0.0825. The molecule has 242 valence electrons. The Morgan fingerprint density at radius 2 is 1.22 bits per heavy atom. The minimum atomic E-state index is -3.70. The molecule has 0 aliphatic heterocycles. The number of nitrogens with one attached hydrogen (secondary N) is 4. The summed E-state index contributed by atoms with van der Waals surface area (Å²) in [6.45, 7) is 5.54. The predicted molar refractivity (Wildman–Crippen MR) is 182 cm³/mol. The van der Waals surface area contributed by atoms with Crippen molar-refractivity contribution in [3.63, 3.8) is 0 Å². The predicted octanol–water partition coefficient (Wildman–Crippen LogP) is 4.99. The topological polar surface area (TPSA) is 137 Å². The molecule has 0 heterocycles. The molecule has 10 heteroatoms. The summed E-state index contributed by atoms with van der Waals surface area (Å²) in [7, 11) is -3.70. The van der Waals surface area contributed by atoms with Crippen LogP contribution in [-0.4, -0.2) is 49.8 Å². The van der Waals surface area contributed by atoms with Crippen LogP contribution >= 0.6 is 0 Å². The Kier molecular flexibility index (Phi) is 12.1. The molecular weight excluding hydrogens is 600 g/mol. The van der Waals surface area contributed by atoms with E-state index in [9.17, 15) is 23.1 Å². The summed E-state index contributed by atoms with van der Waals surface area (Å²) >= 11 is 0. The molecule has 0 fully saturated rings. The molecule has 0 aromatic heterocycles. The highest BCUT2D eigenvalue weighted by atomic mass is 32.2. The van der Waals surface area contributed by atoms with Crippen LogP contribution in [0.1, 0.15) is 70.3 Å². The molecular formula is C36H42N4O5S. The lowest BCUT2D eigenvalue weighted by Gasteiger charge is -2.26. The highest BCUT2D eigenvalue weighted by Crippen LogP contribution is 2.20. The van der Waals surface area contributed by atoms with E-state index >= 15 is 0 Å². The maximum absolute atomic E-state index is 13.8. The average Bonchev–Trinajstić information content (AvgIpc) is 3.07. The minimum Gasteiger partial charge on any atom is -0.390 e. The largest absolute Gasteiger partial charge is 0.390 e. The first-order valence-electron chi connectivity index (χ1n) is 15.4. The number of rotatable bonds is 15. The number of aliphatic hydroxyl groups is 1. The Bertz CT molecular complexity index is 1690. The van der Waals surface area contributed by atoms with Crippen LogP contribution < -0.4 is 20.7 Å². The first-order valence-corrected chi connectivity index (χ1v) is 17.0. The van der Waals surface area contributed by atoms with Crippen LogP contribution in [0, 0.1) is 0 Å². The Balaban J connectivity index is 1.58. The van der Waals surface area contributed by atoms with Crippen molar-refractivity contribution in [1.29, 1.82) is 0 Å². The van der Waals surface area contributed by atoms with Gasteiger partial charge in [0.15, 0.2) is 0 Å². The van der Waals surface area contributed by atoms with Gasteiger partial charge in [0, 0.05) is 23.7 Å². The van der Waals surface area contributed by atoms with Crippen LogP contribution in [0.2, 0.25) is 0 Å². The second-order valence-corrected chi connectivity index (χ2v) is 13.3. The molecule has 0 aliphatic carbocycles. The van der Waals surface area contributed by atoms with Crippen LogP contribution in [0.5, 0.6) is 0 Å². The van der Waals surface area contributed by atoms with Gasteiger partial charge in [-0.3, -0.25) is 14.3 Å². The lowest BCUT2D eigenvalue weighted by atomic mass is 9.99. The summed E-state index contributed by atoms with van der Waals surface area (Å²) in [4.78, 5) is 27.1. The Hall–Kier alpha value is -4.51. The normalized spacial score (nSPS) is 14.0. The van der Waals surface area contributed by atoms with Crippen molar-refractivity contribution in [2.45, 2.75) is 51.4 Å². The maximum Gasteiger partial charge on any atom is 0.251 e. The van der Waals surface area contributed by atoms with Crippen LogP contribution in [0.25, 0.3) is 0 Å². The molecule has 2 amide bonds. The fourth-order valence-electron chi connectivity index (χ4n) is 5.01. The summed E-state index contributed by atoms with van der Waals surface area (Å²) in [5.41, 5.74) is 3.15. The lowest BCUT2D eigenvalue weighted by Crippen LogP contribution is -2.49. The first kappa shape index (κ1) is 34.4. The van der Waals surface area contributed by atoms with Gasteiger partial charge in [-0.05, 0) is 62.1 Å². The fourth-order valence-corrected chi connectivity index (χ4v) is 5.63. The van der Waals surface area contributed by atoms with Crippen molar-refractivity contribution >= 4 is 27.5 Å². The zero-order valence-corrected chi connectivity index (χ0v) is 27.1. The molecule has 0 radical (unpaired) electrons. The highest BCUT2D eigenvalue weighted by molar-refractivity contribution is 7.92. The summed E-state index contributed by atoms with van der Waals surface area (Å²) in [5, 5.41) is 20.5. The summed E-state index contributed by atoms with van der Waals surface area (Å²) < 4.78 is 27.3. The van der Waals surface area contributed by atoms with E-state index in [1.54, 1.807) is 0 Å². The number of aliphatic hydroxyl groups excluding tert-OH is 1. The third-order valence-electron chi connectivity index (χ3n) is 7.77. The number of amides is 2. The summed E-state index contributed by atoms with van der Waals surface area (Å²) in [5.74, 6) is -1.21. The Morgan fingerprint density at radius 1 is 0.717 bits per heavy atom. The zero-order chi connectivity index (χ0) is 33.1. The van der Waals surface area contributed by atoms with Crippen molar-refractivity contribution in [3.05, 3.63) is 137 Å². The molecule has 46 heavy (non-hydrogen) atoms. The third kappa shape index (κ3) is 10.00. The molecule has 0 saturated carbocycles. The number of carbonyl (C=O) groups excluding carboxylic acids is 2. The van der Waals surface area contributed by atoms with E-state index < -0.39 is 34.0 Å². The van der Waals surface area contributed by atoms with Crippen molar-refractivity contribution in [1.82, 2.24) is 16.0 Å². The molecule has 0 bridgehead atoms. The monoisotopic (exact) mass is 642 g/mol. The number of carbonyl (C=O) groups is 2. The molecule has 0 aliphatic rings.